The number of nitrogens with zero attached hydrogens (tertiary/aromatic N) is 1. The van der Waals surface area contributed by atoms with E-state index in [1.807, 2.05) is 20.8 Å². The van der Waals surface area contributed by atoms with Crippen molar-refractivity contribution in [2.45, 2.75) is 119 Å². The predicted octanol–water partition coefficient (Wildman–Crippen LogP) is 4.91. The van der Waals surface area contributed by atoms with Gasteiger partial charge in [-0.15, -0.1) is 0 Å². The largest absolute Gasteiger partial charge is 0.391 e. The van der Waals surface area contributed by atoms with Crippen molar-refractivity contribution in [2.24, 2.45) is 21.7 Å². The number of likely N-dealkylation sites (tertiary alicyclic amines) is 1. The number of carbonyl (C=O) groups excluding carboxylic acids is 2. The van der Waals surface area contributed by atoms with Crippen LogP contribution in [-0.4, -0.2) is 47.1 Å². The molecule has 0 aromatic heterocycles. The third-order valence-electron chi connectivity index (χ3n) is 8.39. The lowest BCUT2D eigenvalue weighted by molar-refractivity contribution is -0.142. The SMILES string of the molecule is CC1(C(=O)NC(C(=O)N2CC[C@@H](O)C2)C(C)(C)C)CCCCC(C)(C(C)(C)C)CCC1. The van der Waals surface area contributed by atoms with E-state index in [2.05, 4.69) is 39.9 Å². The number of nitrogens with one attached hydrogen (secondary N) is 1. The van der Waals surface area contributed by atoms with Crippen molar-refractivity contribution >= 4 is 11.8 Å². The van der Waals surface area contributed by atoms with E-state index in [0.29, 0.717) is 19.5 Å². The maximum Gasteiger partial charge on any atom is 0.245 e. The first-order chi connectivity index (χ1) is 14.1. The summed E-state index contributed by atoms with van der Waals surface area (Å²) in [5, 5.41) is 13.0. The summed E-state index contributed by atoms with van der Waals surface area (Å²) in [6, 6.07) is -0.574. The lowest BCUT2D eigenvalue weighted by Gasteiger charge is -2.42. The van der Waals surface area contributed by atoms with Gasteiger partial charge in [0, 0.05) is 18.5 Å². The molecule has 0 aromatic carbocycles. The number of amides is 2. The molecule has 0 spiro atoms. The van der Waals surface area contributed by atoms with Crippen molar-refractivity contribution in [3.8, 4) is 0 Å². The van der Waals surface area contributed by atoms with E-state index in [4.69, 9.17) is 0 Å². The van der Waals surface area contributed by atoms with Gasteiger partial charge in [0.2, 0.25) is 11.8 Å². The molecule has 3 unspecified atom stereocenters. The first-order valence-electron chi connectivity index (χ1n) is 12.4. The highest BCUT2D eigenvalue weighted by atomic mass is 16.3. The maximum atomic E-state index is 13.6. The molecule has 2 rings (SSSR count). The zero-order chi connectivity index (χ0) is 23.7. The van der Waals surface area contributed by atoms with Gasteiger partial charge in [0.25, 0.3) is 0 Å². The minimum absolute atomic E-state index is 0.0138. The second kappa shape index (κ2) is 9.41. The summed E-state index contributed by atoms with van der Waals surface area (Å²) in [4.78, 5) is 28.5. The fourth-order valence-electron chi connectivity index (χ4n) is 5.20. The Balaban J connectivity index is 2.14. The summed E-state index contributed by atoms with van der Waals surface area (Å²) in [6.07, 6.45) is 7.44. The minimum Gasteiger partial charge on any atom is -0.391 e. The van der Waals surface area contributed by atoms with Gasteiger partial charge in [-0.3, -0.25) is 9.59 Å². The molecule has 5 heteroatoms. The van der Waals surface area contributed by atoms with Crippen molar-refractivity contribution in [2.75, 3.05) is 13.1 Å². The van der Waals surface area contributed by atoms with Crippen molar-refractivity contribution in [1.29, 1.82) is 0 Å². The fourth-order valence-corrected chi connectivity index (χ4v) is 5.20. The van der Waals surface area contributed by atoms with Crippen LogP contribution in [0.25, 0.3) is 0 Å². The van der Waals surface area contributed by atoms with Gasteiger partial charge in [0.1, 0.15) is 6.04 Å². The van der Waals surface area contributed by atoms with Crippen molar-refractivity contribution in [3.05, 3.63) is 0 Å². The molecule has 2 aliphatic rings. The molecule has 31 heavy (non-hydrogen) atoms. The summed E-state index contributed by atoms with van der Waals surface area (Å²) < 4.78 is 0. The van der Waals surface area contributed by atoms with E-state index in [9.17, 15) is 14.7 Å². The zero-order valence-electron chi connectivity index (χ0n) is 21.4. The Labute approximate surface area is 190 Å². The average molecular weight is 437 g/mol. The van der Waals surface area contributed by atoms with Gasteiger partial charge in [-0.25, -0.2) is 0 Å². The quantitative estimate of drug-likeness (QED) is 0.660. The Morgan fingerprint density at radius 1 is 0.968 bits per heavy atom. The molecule has 4 atom stereocenters. The number of hydrogen-bond donors (Lipinski definition) is 2. The summed E-state index contributed by atoms with van der Waals surface area (Å²) in [7, 11) is 0. The standard InChI is InChI=1S/C26H48N2O3/c1-23(2,3)20(21(30)28-17-12-19(29)18-28)27-22(31)25(7)13-9-10-15-26(8,16-11-14-25)24(4,5)6/h19-20,29H,9-18H2,1-8H3,(H,27,31)/t19-,20?,25?,26?/m1/s1. The number of carbonyl (C=O) groups is 2. The molecule has 1 aliphatic heterocycles. The van der Waals surface area contributed by atoms with Crippen LogP contribution < -0.4 is 5.32 Å². The number of β-amino-alcohol motifs (C(OH)–C–C–N with tert-alkyl or cyclic N) is 1. The lowest BCUT2D eigenvalue weighted by atomic mass is 9.63. The van der Waals surface area contributed by atoms with Crippen LogP contribution in [0.1, 0.15) is 107 Å². The molecule has 180 valence electrons. The van der Waals surface area contributed by atoms with Gasteiger partial charge in [-0.2, -0.15) is 0 Å². The minimum atomic E-state index is -0.574. The van der Waals surface area contributed by atoms with Crippen LogP contribution in [0.4, 0.5) is 0 Å². The molecule has 5 nitrogen and oxygen atoms in total. The van der Waals surface area contributed by atoms with Crippen LogP contribution in [0, 0.1) is 21.7 Å². The summed E-state index contributed by atoms with van der Waals surface area (Å²) in [5.74, 6) is -0.0516. The smallest absolute Gasteiger partial charge is 0.245 e. The van der Waals surface area contributed by atoms with Crippen LogP contribution in [0.2, 0.25) is 0 Å². The Bertz CT molecular complexity index is 648. The molecule has 1 heterocycles. The third kappa shape index (κ3) is 6.24. The molecule has 0 aromatic rings. The lowest BCUT2D eigenvalue weighted by Crippen LogP contribution is -2.57. The number of aliphatic hydroxyl groups is 1. The molecule has 1 saturated heterocycles. The molecular weight excluding hydrogens is 388 g/mol. The highest BCUT2D eigenvalue weighted by Crippen LogP contribution is 2.49. The van der Waals surface area contributed by atoms with Gasteiger partial charge in [0.15, 0.2) is 0 Å². The Kier molecular flexibility index (Phi) is 7.94. The van der Waals surface area contributed by atoms with E-state index in [-0.39, 0.29) is 28.1 Å². The second-order valence-corrected chi connectivity index (χ2v) is 12.9. The van der Waals surface area contributed by atoms with Crippen LogP contribution in [0.3, 0.4) is 0 Å². The van der Waals surface area contributed by atoms with Gasteiger partial charge < -0.3 is 15.3 Å². The molecule has 1 saturated carbocycles. The first-order valence-corrected chi connectivity index (χ1v) is 12.4. The highest BCUT2D eigenvalue weighted by Gasteiger charge is 2.43. The number of rotatable bonds is 3. The monoisotopic (exact) mass is 436 g/mol. The Morgan fingerprint density at radius 3 is 2.03 bits per heavy atom. The predicted molar refractivity (Wildman–Crippen MR) is 127 cm³/mol. The van der Waals surface area contributed by atoms with Crippen molar-refractivity contribution in [1.82, 2.24) is 10.2 Å². The van der Waals surface area contributed by atoms with Crippen LogP contribution >= 0.6 is 0 Å². The van der Waals surface area contributed by atoms with Gasteiger partial charge >= 0.3 is 0 Å². The Hall–Kier alpha value is -1.10. The highest BCUT2D eigenvalue weighted by molar-refractivity contribution is 5.90. The fraction of sp³-hybridized carbons (Fsp3) is 0.923. The maximum absolute atomic E-state index is 13.6. The normalized spacial score (nSPS) is 32.0. The topological polar surface area (TPSA) is 69.6 Å². The van der Waals surface area contributed by atoms with E-state index in [1.165, 1.54) is 6.42 Å². The summed E-state index contributed by atoms with van der Waals surface area (Å²) >= 11 is 0. The van der Waals surface area contributed by atoms with Crippen LogP contribution in [-0.2, 0) is 9.59 Å². The molecule has 1 aliphatic carbocycles. The van der Waals surface area contributed by atoms with Crippen LogP contribution in [0.15, 0.2) is 0 Å². The van der Waals surface area contributed by atoms with Crippen LogP contribution in [0.5, 0.6) is 0 Å². The molecule has 0 radical (unpaired) electrons. The molecule has 2 amide bonds. The van der Waals surface area contributed by atoms with Gasteiger partial charge in [-0.1, -0.05) is 74.7 Å². The molecule has 2 fully saturated rings. The summed E-state index contributed by atoms with van der Waals surface area (Å²) in [6.45, 7) is 18.5. The van der Waals surface area contributed by atoms with Gasteiger partial charge in [0.05, 0.1) is 6.10 Å². The molecular formula is C26H48N2O3. The average Bonchev–Trinajstić information content (AvgIpc) is 3.09. The number of aliphatic hydroxyl groups excluding tert-OH is 1. The van der Waals surface area contributed by atoms with Gasteiger partial charge in [-0.05, 0) is 48.3 Å². The second-order valence-electron chi connectivity index (χ2n) is 12.9. The van der Waals surface area contributed by atoms with Crippen molar-refractivity contribution < 1.29 is 14.7 Å². The molecule has 2 N–H and O–H groups in total. The third-order valence-corrected chi connectivity index (χ3v) is 8.39. The number of hydrogen-bond acceptors (Lipinski definition) is 3. The first kappa shape index (κ1) is 26.2. The van der Waals surface area contributed by atoms with E-state index in [1.54, 1.807) is 4.90 Å². The Morgan fingerprint density at radius 2 is 1.52 bits per heavy atom. The van der Waals surface area contributed by atoms with Crippen molar-refractivity contribution in [3.63, 3.8) is 0 Å². The van der Waals surface area contributed by atoms with E-state index < -0.39 is 17.6 Å². The zero-order valence-corrected chi connectivity index (χ0v) is 21.4. The van der Waals surface area contributed by atoms with E-state index in [0.717, 1.165) is 38.5 Å². The summed E-state index contributed by atoms with van der Waals surface area (Å²) in [5.41, 5.74) is -0.299. The molecule has 0 bridgehead atoms. The van der Waals surface area contributed by atoms with E-state index >= 15 is 0 Å².